The van der Waals surface area contributed by atoms with Crippen LogP contribution < -0.4 is 4.90 Å². The van der Waals surface area contributed by atoms with Crippen molar-refractivity contribution in [3.05, 3.63) is 59.7 Å². The third-order valence-corrected chi connectivity index (χ3v) is 4.28. The average molecular weight is 331 g/mol. The third kappa shape index (κ3) is 1.95. The first-order valence-corrected chi connectivity index (χ1v) is 7.32. The van der Waals surface area contributed by atoms with Crippen LogP contribution in [0.2, 0.25) is 0 Å². The molecule has 0 saturated heterocycles. The Bertz CT molecular complexity index is 807. The fourth-order valence-corrected chi connectivity index (χ4v) is 3.22. The number of anilines is 2. The van der Waals surface area contributed by atoms with Gasteiger partial charge in [-0.15, -0.1) is 0 Å². The summed E-state index contributed by atoms with van der Waals surface area (Å²) >= 11 is 0. The quantitative estimate of drug-likeness (QED) is 0.640. The van der Waals surface area contributed by atoms with Gasteiger partial charge in [0.05, 0.1) is 12.8 Å². The number of halogens is 2. The molecule has 0 N–H and O–H groups in total. The molecular weight excluding hydrogens is 316 g/mol. The van der Waals surface area contributed by atoms with Crippen molar-refractivity contribution >= 4 is 23.3 Å². The van der Waals surface area contributed by atoms with Gasteiger partial charge in [-0.05, 0) is 30.7 Å². The number of fused-ring (bicyclic) bond motifs is 1. The minimum Gasteiger partial charge on any atom is -0.468 e. The Morgan fingerprint density at radius 1 is 1.12 bits per heavy atom. The van der Waals surface area contributed by atoms with Crippen LogP contribution in [0.15, 0.2) is 48.5 Å². The van der Waals surface area contributed by atoms with E-state index in [0.29, 0.717) is 11.3 Å². The summed E-state index contributed by atoms with van der Waals surface area (Å²) in [6.45, 7) is 1.60. The van der Waals surface area contributed by atoms with Crippen molar-refractivity contribution in [2.24, 2.45) is 0 Å². The first-order valence-electron chi connectivity index (χ1n) is 7.32. The third-order valence-electron chi connectivity index (χ3n) is 4.28. The van der Waals surface area contributed by atoms with E-state index in [2.05, 4.69) is 4.74 Å². The number of carbonyl (C=O) groups is 2. The number of aryl methyl sites for hydroxylation is 1. The van der Waals surface area contributed by atoms with Gasteiger partial charge >= 0.3 is 5.97 Å². The Hall–Kier alpha value is -2.76. The van der Waals surface area contributed by atoms with E-state index in [-0.39, 0.29) is 11.3 Å². The number of carbonyl (C=O) groups excluding carboxylic acids is 2. The highest BCUT2D eigenvalue weighted by Gasteiger charge is 2.64. The summed E-state index contributed by atoms with van der Waals surface area (Å²) in [5.74, 6) is -2.25. The fraction of sp³-hybridized carbons (Fsp3) is 0.222. The van der Waals surface area contributed by atoms with E-state index < -0.39 is 23.7 Å². The van der Waals surface area contributed by atoms with Gasteiger partial charge in [0.25, 0.3) is 12.3 Å². The van der Waals surface area contributed by atoms with E-state index in [1.54, 1.807) is 55.5 Å². The van der Waals surface area contributed by atoms with Crippen molar-refractivity contribution in [2.45, 2.75) is 18.8 Å². The summed E-state index contributed by atoms with van der Waals surface area (Å²) in [4.78, 5) is 26.5. The Kier molecular flexibility index (Phi) is 3.83. The molecule has 4 nitrogen and oxygen atoms in total. The van der Waals surface area contributed by atoms with Crippen LogP contribution in [0.4, 0.5) is 20.2 Å². The number of hydrogen-bond acceptors (Lipinski definition) is 3. The number of para-hydroxylation sites is 1. The number of esters is 1. The minimum atomic E-state index is -3.23. The highest BCUT2D eigenvalue weighted by Crippen LogP contribution is 2.50. The lowest BCUT2D eigenvalue weighted by molar-refractivity contribution is -0.158. The molecule has 0 radical (unpaired) electrons. The molecule has 24 heavy (non-hydrogen) atoms. The fourth-order valence-electron chi connectivity index (χ4n) is 3.22. The largest absolute Gasteiger partial charge is 0.468 e. The molecule has 6 heteroatoms. The number of ether oxygens (including phenoxy) is 1. The Morgan fingerprint density at radius 2 is 1.79 bits per heavy atom. The minimum absolute atomic E-state index is 0.000651. The van der Waals surface area contributed by atoms with Gasteiger partial charge in [0.1, 0.15) is 0 Å². The van der Waals surface area contributed by atoms with Crippen molar-refractivity contribution in [3.63, 3.8) is 0 Å². The predicted octanol–water partition coefficient (Wildman–Crippen LogP) is 3.35. The lowest BCUT2D eigenvalue weighted by Crippen LogP contribution is -2.51. The molecule has 1 amide bonds. The van der Waals surface area contributed by atoms with Gasteiger partial charge in [0.15, 0.2) is 0 Å². The van der Waals surface area contributed by atoms with Gasteiger partial charge in [-0.25, -0.2) is 8.78 Å². The number of methoxy groups -OCH3 is 1. The van der Waals surface area contributed by atoms with Crippen LogP contribution in [0, 0.1) is 6.92 Å². The summed E-state index contributed by atoms with van der Waals surface area (Å²) in [7, 11) is 1.00. The first kappa shape index (κ1) is 16.1. The maximum Gasteiger partial charge on any atom is 0.332 e. The van der Waals surface area contributed by atoms with Gasteiger partial charge in [0, 0.05) is 11.3 Å². The van der Waals surface area contributed by atoms with Crippen LogP contribution in [-0.2, 0) is 19.7 Å². The van der Waals surface area contributed by atoms with Crippen molar-refractivity contribution in [2.75, 3.05) is 12.0 Å². The number of alkyl halides is 2. The zero-order valence-corrected chi connectivity index (χ0v) is 13.1. The highest BCUT2D eigenvalue weighted by atomic mass is 19.3. The Balaban J connectivity index is 2.35. The molecule has 1 heterocycles. The molecule has 1 aliphatic heterocycles. The molecule has 0 spiro atoms. The monoisotopic (exact) mass is 331 g/mol. The highest BCUT2D eigenvalue weighted by molar-refractivity contribution is 6.24. The number of amides is 1. The second kappa shape index (κ2) is 5.70. The summed E-state index contributed by atoms with van der Waals surface area (Å²) in [5, 5.41) is 0. The molecule has 0 saturated carbocycles. The van der Waals surface area contributed by atoms with Crippen LogP contribution in [0.25, 0.3) is 0 Å². The molecule has 2 aromatic rings. The second-order valence-corrected chi connectivity index (χ2v) is 5.55. The van der Waals surface area contributed by atoms with E-state index in [9.17, 15) is 18.4 Å². The van der Waals surface area contributed by atoms with E-state index >= 15 is 0 Å². The van der Waals surface area contributed by atoms with Crippen molar-refractivity contribution in [1.82, 2.24) is 0 Å². The molecular formula is C18H15F2NO3. The van der Waals surface area contributed by atoms with Gasteiger partial charge in [0.2, 0.25) is 5.41 Å². The summed E-state index contributed by atoms with van der Waals surface area (Å²) in [6, 6.07) is 13.2. The standard InChI is InChI=1S/C18H15F2NO3/c1-11-7-6-10-13-14(11)18(15(19)20,17(23)24-2)16(22)21(13)12-8-4-3-5-9-12/h3-10,15H,1-2H3. The van der Waals surface area contributed by atoms with Crippen LogP contribution in [-0.4, -0.2) is 25.4 Å². The molecule has 1 atom stereocenters. The second-order valence-electron chi connectivity index (χ2n) is 5.55. The molecule has 0 fully saturated rings. The number of nitrogens with zero attached hydrogens (tertiary/aromatic N) is 1. The van der Waals surface area contributed by atoms with E-state index in [0.717, 1.165) is 12.0 Å². The van der Waals surface area contributed by atoms with Gasteiger partial charge in [-0.3, -0.25) is 14.5 Å². The maximum atomic E-state index is 14.1. The van der Waals surface area contributed by atoms with Crippen LogP contribution in [0.1, 0.15) is 11.1 Å². The lowest BCUT2D eigenvalue weighted by atomic mass is 9.79. The van der Waals surface area contributed by atoms with Crippen molar-refractivity contribution < 1.29 is 23.1 Å². The number of benzene rings is 2. The Morgan fingerprint density at radius 3 is 2.38 bits per heavy atom. The summed E-state index contributed by atoms with van der Waals surface area (Å²) in [6.07, 6.45) is -3.23. The zero-order valence-electron chi connectivity index (χ0n) is 13.1. The molecule has 3 rings (SSSR count). The molecule has 0 bridgehead atoms. The molecule has 1 unspecified atom stereocenters. The first-order chi connectivity index (χ1) is 11.5. The number of hydrogen-bond donors (Lipinski definition) is 0. The molecule has 124 valence electrons. The predicted molar refractivity (Wildman–Crippen MR) is 84.5 cm³/mol. The zero-order chi connectivity index (χ0) is 17.5. The molecule has 0 aliphatic carbocycles. The Labute approximate surface area is 137 Å². The summed E-state index contributed by atoms with van der Waals surface area (Å²) in [5.41, 5.74) is -1.52. The van der Waals surface area contributed by atoms with E-state index in [4.69, 9.17) is 0 Å². The van der Waals surface area contributed by atoms with E-state index in [1.807, 2.05) is 0 Å². The average Bonchev–Trinajstić information content (AvgIpc) is 2.85. The SMILES string of the molecule is COC(=O)C1(C(F)F)C(=O)N(c2ccccc2)c2cccc(C)c21. The van der Waals surface area contributed by atoms with Crippen molar-refractivity contribution in [1.29, 1.82) is 0 Å². The smallest absolute Gasteiger partial charge is 0.332 e. The molecule has 2 aromatic carbocycles. The van der Waals surface area contributed by atoms with E-state index in [1.165, 1.54) is 0 Å². The van der Waals surface area contributed by atoms with Gasteiger partial charge in [-0.2, -0.15) is 0 Å². The van der Waals surface area contributed by atoms with Crippen LogP contribution in [0.3, 0.4) is 0 Å². The molecule has 0 aromatic heterocycles. The lowest BCUT2D eigenvalue weighted by Gasteiger charge is -2.25. The number of rotatable bonds is 3. The van der Waals surface area contributed by atoms with Crippen LogP contribution >= 0.6 is 0 Å². The van der Waals surface area contributed by atoms with Gasteiger partial charge < -0.3 is 4.74 Å². The van der Waals surface area contributed by atoms with Gasteiger partial charge in [-0.1, -0.05) is 30.3 Å². The normalized spacial score (nSPS) is 19.5. The summed E-state index contributed by atoms with van der Waals surface area (Å²) < 4.78 is 32.8. The van der Waals surface area contributed by atoms with Crippen LogP contribution in [0.5, 0.6) is 0 Å². The van der Waals surface area contributed by atoms with Crippen molar-refractivity contribution in [3.8, 4) is 0 Å². The maximum absolute atomic E-state index is 14.1. The topological polar surface area (TPSA) is 46.6 Å². The molecule has 1 aliphatic rings.